The number of fused-ring (bicyclic) bond motifs is 1. The van der Waals surface area contributed by atoms with Crippen molar-refractivity contribution in [1.82, 2.24) is 9.88 Å². The van der Waals surface area contributed by atoms with Crippen molar-refractivity contribution in [2.45, 2.75) is 31.6 Å². The molecule has 32 heavy (non-hydrogen) atoms. The molecule has 1 amide bonds. The van der Waals surface area contributed by atoms with Crippen LogP contribution in [0.5, 0.6) is 0 Å². The predicted octanol–water partition coefficient (Wildman–Crippen LogP) is 6.40. The fraction of sp³-hybridized carbons (Fsp3) is 0.240. The summed E-state index contributed by atoms with van der Waals surface area (Å²) in [5, 5.41) is 12.0. The van der Waals surface area contributed by atoms with Gasteiger partial charge in [-0.05, 0) is 59.3 Å². The average molecular weight is 464 g/mol. The zero-order chi connectivity index (χ0) is 22.6. The van der Waals surface area contributed by atoms with Crippen LogP contribution in [0, 0.1) is 12.3 Å². The number of furan rings is 1. The van der Waals surface area contributed by atoms with Crippen LogP contribution in [-0.2, 0) is 10.2 Å². The van der Waals surface area contributed by atoms with Gasteiger partial charge in [0.05, 0.1) is 12.2 Å². The first-order chi connectivity index (χ1) is 15.3. The van der Waals surface area contributed by atoms with E-state index in [0.29, 0.717) is 17.4 Å². The zero-order valence-corrected chi connectivity index (χ0v) is 19.6. The number of hydrogen-bond acceptors (Lipinski definition) is 5. The fourth-order valence-electron chi connectivity index (χ4n) is 4.60. The highest BCUT2D eigenvalue weighted by Crippen LogP contribution is 2.49. The molecule has 1 aliphatic rings. The van der Waals surface area contributed by atoms with Crippen molar-refractivity contribution >= 4 is 45.6 Å². The van der Waals surface area contributed by atoms with Gasteiger partial charge in [0, 0.05) is 40.9 Å². The maximum atomic E-state index is 13.5. The number of likely N-dealkylation sites (N-methyl/N-ethyl adjacent to an activating group) is 1. The summed E-state index contributed by atoms with van der Waals surface area (Å²) in [6.07, 6.45) is 3.87. The number of aromatic nitrogens is 1. The van der Waals surface area contributed by atoms with Gasteiger partial charge in [-0.2, -0.15) is 0 Å². The highest BCUT2D eigenvalue weighted by molar-refractivity contribution is 7.10. The molecule has 4 aromatic rings. The molecule has 4 heterocycles. The van der Waals surface area contributed by atoms with Gasteiger partial charge in [-0.15, -0.1) is 11.3 Å². The maximum absolute atomic E-state index is 13.5. The summed E-state index contributed by atoms with van der Waals surface area (Å²) in [7, 11) is 1.69. The van der Waals surface area contributed by atoms with Crippen LogP contribution in [0.1, 0.15) is 35.3 Å². The van der Waals surface area contributed by atoms with E-state index < -0.39 is 11.3 Å². The first-order valence-electron chi connectivity index (χ1n) is 10.3. The summed E-state index contributed by atoms with van der Waals surface area (Å²) in [6.45, 7) is 4.07. The van der Waals surface area contributed by atoms with Crippen molar-refractivity contribution in [1.29, 1.82) is 5.41 Å². The van der Waals surface area contributed by atoms with E-state index >= 15 is 0 Å². The molecule has 0 radical (unpaired) electrons. The number of thiophene rings is 1. The van der Waals surface area contributed by atoms with Crippen LogP contribution < -0.4 is 0 Å². The summed E-state index contributed by atoms with van der Waals surface area (Å²) in [4.78, 5) is 20.3. The van der Waals surface area contributed by atoms with E-state index in [-0.39, 0.29) is 5.91 Å². The second-order valence-electron chi connectivity index (χ2n) is 8.64. The molecule has 7 heteroatoms. The Morgan fingerprint density at radius 2 is 2.09 bits per heavy atom. The lowest BCUT2D eigenvalue weighted by Gasteiger charge is -2.44. The highest BCUT2D eigenvalue weighted by Gasteiger charge is 2.49. The molecule has 1 fully saturated rings. The largest absolute Gasteiger partial charge is 0.464 e. The highest BCUT2D eigenvalue weighted by atomic mass is 35.5. The number of carbonyl (C=O) groups is 1. The monoisotopic (exact) mass is 463 g/mol. The number of halogens is 1. The quantitative estimate of drug-likeness (QED) is 0.357. The van der Waals surface area contributed by atoms with Crippen LogP contribution in [0.25, 0.3) is 22.1 Å². The Bertz CT molecular complexity index is 1370. The van der Waals surface area contributed by atoms with Gasteiger partial charge in [0.25, 0.3) is 0 Å². The number of amides is 1. The molecule has 3 aromatic heterocycles. The average Bonchev–Trinajstić information content (AvgIpc) is 3.43. The van der Waals surface area contributed by atoms with Crippen LogP contribution in [0.2, 0.25) is 5.15 Å². The molecular formula is C25H22ClN3O2S. The van der Waals surface area contributed by atoms with E-state index in [9.17, 15) is 4.79 Å². The molecule has 1 N–H and O–H groups in total. The Kier molecular flexibility index (Phi) is 4.95. The van der Waals surface area contributed by atoms with Gasteiger partial charge in [0.1, 0.15) is 16.6 Å². The molecule has 0 aliphatic carbocycles. The van der Waals surface area contributed by atoms with Crippen LogP contribution in [-0.4, -0.2) is 28.7 Å². The standard InChI is InChI=1S/C25H22ClN3O2S/c1-14-8-18(23(26)28-12-14)17-10-20(32-13-17)25(2)11-21(27)29(3)24(30)22(25)16-4-5-19-15(9-16)6-7-31-19/h4-10,12-13,22,27H,11H2,1-3H3/t22-,25-/m1/s1. The van der Waals surface area contributed by atoms with E-state index in [1.165, 1.54) is 4.90 Å². The maximum Gasteiger partial charge on any atom is 0.236 e. The molecule has 0 bridgehead atoms. The van der Waals surface area contributed by atoms with Crippen molar-refractivity contribution in [3.05, 3.63) is 75.4 Å². The van der Waals surface area contributed by atoms with Gasteiger partial charge in [0.15, 0.2) is 0 Å². The van der Waals surface area contributed by atoms with Crippen molar-refractivity contribution < 1.29 is 9.21 Å². The molecule has 0 spiro atoms. The number of amidine groups is 1. The molecule has 2 atom stereocenters. The molecule has 5 rings (SSSR count). The number of nitrogens with zero attached hydrogens (tertiary/aromatic N) is 2. The summed E-state index contributed by atoms with van der Waals surface area (Å²) in [5.41, 5.74) is 4.05. The Labute approximate surface area is 195 Å². The molecule has 1 aromatic carbocycles. The number of benzene rings is 1. The molecule has 162 valence electrons. The Morgan fingerprint density at radius 3 is 2.91 bits per heavy atom. The second-order valence-corrected chi connectivity index (χ2v) is 9.91. The number of likely N-dealkylation sites (tertiary alicyclic amines) is 1. The number of rotatable bonds is 3. The van der Waals surface area contributed by atoms with E-state index in [1.54, 1.807) is 30.8 Å². The topological polar surface area (TPSA) is 70.2 Å². The summed E-state index contributed by atoms with van der Waals surface area (Å²) in [6, 6.07) is 11.9. The van der Waals surface area contributed by atoms with E-state index in [1.807, 2.05) is 37.3 Å². The third kappa shape index (κ3) is 3.26. The number of pyridine rings is 1. The van der Waals surface area contributed by atoms with Crippen molar-refractivity contribution in [3.8, 4) is 11.1 Å². The van der Waals surface area contributed by atoms with E-state index in [0.717, 1.165) is 38.1 Å². The van der Waals surface area contributed by atoms with Crippen LogP contribution in [0.15, 0.2) is 58.7 Å². The molecular weight excluding hydrogens is 442 g/mol. The van der Waals surface area contributed by atoms with Gasteiger partial charge in [-0.1, -0.05) is 24.6 Å². The minimum absolute atomic E-state index is 0.0724. The van der Waals surface area contributed by atoms with Gasteiger partial charge < -0.3 is 9.32 Å². The number of aryl methyl sites for hydroxylation is 1. The summed E-state index contributed by atoms with van der Waals surface area (Å²) < 4.78 is 5.49. The minimum Gasteiger partial charge on any atom is -0.464 e. The molecule has 5 nitrogen and oxygen atoms in total. The Balaban J connectivity index is 1.64. The molecule has 1 saturated heterocycles. The third-order valence-electron chi connectivity index (χ3n) is 6.41. The lowest BCUT2D eigenvalue weighted by molar-refractivity contribution is -0.131. The number of hydrogen-bond donors (Lipinski definition) is 1. The van der Waals surface area contributed by atoms with Gasteiger partial charge in [0.2, 0.25) is 5.91 Å². The number of carbonyl (C=O) groups excluding carboxylic acids is 1. The number of nitrogens with one attached hydrogen (secondary N) is 1. The SMILES string of the molecule is Cc1cnc(Cl)c(-c2csc([C@@]3(C)CC(=N)N(C)C(=O)[C@H]3c3ccc4occc4c3)c2)c1. The Hall–Kier alpha value is -2.96. The molecule has 0 unspecified atom stereocenters. The first-order valence-corrected chi connectivity index (χ1v) is 11.6. The lowest BCUT2D eigenvalue weighted by atomic mass is 9.67. The van der Waals surface area contributed by atoms with Gasteiger partial charge >= 0.3 is 0 Å². The summed E-state index contributed by atoms with van der Waals surface area (Å²) >= 11 is 7.99. The van der Waals surface area contributed by atoms with E-state index in [4.69, 9.17) is 21.4 Å². The van der Waals surface area contributed by atoms with Crippen molar-refractivity contribution in [3.63, 3.8) is 0 Å². The first kappa shape index (κ1) is 20.9. The van der Waals surface area contributed by atoms with Crippen molar-refractivity contribution in [2.75, 3.05) is 7.05 Å². The molecule has 1 aliphatic heterocycles. The zero-order valence-electron chi connectivity index (χ0n) is 18.0. The normalized spacial score (nSPS) is 21.5. The molecule has 0 saturated carbocycles. The predicted molar refractivity (Wildman–Crippen MR) is 129 cm³/mol. The van der Waals surface area contributed by atoms with Crippen molar-refractivity contribution in [2.24, 2.45) is 0 Å². The van der Waals surface area contributed by atoms with Gasteiger partial charge in [-0.3, -0.25) is 10.2 Å². The Morgan fingerprint density at radius 1 is 1.28 bits per heavy atom. The smallest absolute Gasteiger partial charge is 0.236 e. The minimum atomic E-state index is -0.565. The third-order valence-corrected chi connectivity index (χ3v) is 7.92. The lowest BCUT2D eigenvalue weighted by Crippen LogP contribution is -2.51. The second kappa shape index (κ2) is 7.57. The van der Waals surface area contributed by atoms with Crippen LogP contribution >= 0.6 is 22.9 Å². The summed E-state index contributed by atoms with van der Waals surface area (Å²) in [5.74, 6) is -0.168. The van der Waals surface area contributed by atoms with Gasteiger partial charge in [-0.25, -0.2) is 4.98 Å². The van der Waals surface area contributed by atoms with Crippen LogP contribution in [0.3, 0.4) is 0 Å². The van der Waals surface area contributed by atoms with Crippen LogP contribution in [0.4, 0.5) is 0 Å². The fourth-order valence-corrected chi connectivity index (χ4v) is 5.92. The van der Waals surface area contributed by atoms with E-state index in [2.05, 4.69) is 23.4 Å². The number of piperidine rings is 1.